The van der Waals surface area contributed by atoms with E-state index in [2.05, 4.69) is 36.6 Å². The van der Waals surface area contributed by atoms with E-state index in [0.717, 1.165) is 30.6 Å². The van der Waals surface area contributed by atoms with E-state index in [1.807, 2.05) is 6.92 Å². The van der Waals surface area contributed by atoms with Crippen molar-refractivity contribution in [1.82, 2.24) is 7.06 Å². The van der Waals surface area contributed by atoms with Gasteiger partial charge in [-0.25, -0.2) is 0 Å². The second-order valence-corrected chi connectivity index (χ2v) is 14.1. The molecule has 2 aliphatic heterocycles. The van der Waals surface area contributed by atoms with E-state index < -0.39 is 23.8 Å². The number of carbonyl (C=O) groups excluding carboxylic acids is 1. The van der Waals surface area contributed by atoms with Crippen LogP contribution in [-0.4, -0.2) is 18.7 Å². The molecule has 0 aromatic heterocycles. The van der Waals surface area contributed by atoms with Gasteiger partial charge in [-0.2, -0.15) is 0 Å². The number of nitrogens with one attached hydrogen (secondary N) is 2. The third-order valence-corrected chi connectivity index (χ3v) is 14.1. The Morgan fingerprint density at radius 2 is 2.10 bits per heavy atom. The van der Waals surface area contributed by atoms with Gasteiger partial charge in [0.25, 0.3) is 0 Å². The Kier molecular flexibility index (Phi) is 2.76. The van der Waals surface area contributed by atoms with Gasteiger partial charge in [0.2, 0.25) is 0 Å². The summed E-state index contributed by atoms with van der Waals surface area (Å²) in [5.41, 5.74) is -0.144. The van der Waals surface area contributed by atoms with Crippen molar-refractivity contribution in [2.75, 3.05) is 0 Å². The number of fused-ring (bicyclic) bond motifs is 6. The van der Waals surface area contributed by atoms with Gasteiger partial charge >= 0.3 is 148 Å². The van der Waals surface area contributed by atoms with Crippen LogP contribution in [-0.2, 0) is 9.53 Å². The molecular formula is C15H22I2N2O2. The minimum atomic E-state index is -1.12. The Balaban J connectivity index is 1.38. The van der Waals surface area contributed by atoms with Gasteiger partial charge in [-0.3, -0.25) is 0 Å². The molecule has 2 heterocycles. The Morgan fingerprint density at radius 3 is 2.57 bits per heavy atom. The summed E-state index contributed by atoms with van der Waals surface area (Å²) in [4.78, 5) is 12.9. The van der Waals surface area contributed by atoms with E-state index in [-0.39, 0.29) is 15.2 Å². The third-order valence-electron chi connectivity index (χ3n) is 6.93. The zero-order chi connectivity index (χ0) is 14.6. The molecule has 2 N–H and O–H groups in total. The summed E-state index contributed by atoms with van der Waals surface area (Å²) < 4.78 is 12.8. The molecular weight excluding hydrogens is 494 g/mol. The van der Waals surface area contributed by atoms with Crippen LogP contribution >= 0.6 is 43.0 Å². The molecule has 0 aromatic rings. The molecule has 6 heteroatoms. The average molecular weight is 516 g/mol. The third kappa shape index (κ3) is 1.61. The van der Waals surface area contributed by atoms with Crippen molar-refractivity contribution in [3.63, 3.8) is 0 Å². The number of hydrogen-bond acceptors (Lipinski definition) is 4. The first-order chi connectivity index (χ1) is 9.93. The van der Waals surface area contributed by atoms with Gasteiger partial charge in [0.1, 0.15) is 0 Å². The van der Waals surface area contributed by atoms with E-state index in [0.29, 0.717) is 5.92 Å². The molecule has 0 spiro atoms. The van der Waals surface area contributed by atoms with E-state index in [4.69, 9.17) is 4.74 Å². The molecule has 0 aromatic carbocycles. The number of esters is 1. The maximum atomic E-state index is 12.9. The molecule has 21 heavy (non-hydrogen) atoms. The maximum absolute atomic E-state index is 12.9. The molecule has 2 bridgehead atoms. The first-order valence-corrected chi connectivity index (χ1v) is 12.4. The molecule has 5 aliphatic rings. The number of rotatable bonds is 4. The summed E-state index contributed by atoms with van der Waals surface area (Å²) in [6.07, 6.45) is 6.23. The first kappa shape index (κ1) is 14.2. The van der Waals surface area contributed by atoms with E-state index in [1.165, 1.54) is 19.3 Å². The molecule has 5 fully saturated rings. The van der Waals surface area contributed by atoms with Crippen LogP contribution in [0.25, 0.3) is 0 Å². The topological polar surface area (TPSA) is 70.2 Å². The molecule has 5 rings (SSSR count). The zero-order valence-electron chi connectivity index (χ0n) is 12.4. The standard InChI is InChI=1S/C15H22I2N2O2/c1-3-14(7-8-6-11(14)10-5-4-9(8)10)21-12(20)13(2,16)15-17(18-15)19-15/h8-11,18-19H,3-7H2,1-2H3. The number of ether oxygens (including phenoxy) is 1. The molecule has 6 atom stereocenters. The Hall–Kier alpha value is 0.850. The van der Waals surface area contributed by atoms with Gasteiger partial charge in [0, 0.05) is 0 Å². The summed E-state index contributed by atoms with van der Waals surface area (Å²) >= 11 is 1.20. The summed E-state index contributed by atoms with van der Waals surface area (Å²) in [6, 6.07) is 0. The van der Waals surface area contributed by atoms with Crippen LogP contribution in [0.2, 0.25) is 0 Å². The number of carbonyl (C=O) groups is 1. The van der Waals surface area contributed by atoms with Crippen LogP contribution in [0.4, 0.5) is 0 Å². The van der Waals surface area contributed by atoms with Crippen LogP contribution < -0.4 is 7.06 Å². The van der Waals surface area contributed by atoms with Gasteiger partial charge in [0.15, 0.2) is 0 Å². The molecule has 6 unspecified atom stereocenters. The van der Waals surface area contributed by atoms with Crippen molar-refractivity contribution in [3.8, 4) is 0 Å². The second-order valence-electron chi connectivity index (χ2n) is 7.65. The van der Waals surface area contributed by atoms with Crippen LogP contribution in [0.1, 0.15) is 46.0 Å². The summed E-state index contributed by atoms with van der Waals surface area (Å²) in [7, 11) is 0. The zero-order valence-corrected chi connectivity index (χ0v) is 16.7. The van der Waals surface area contributed by atoms with Gasteiger partial charge < -0.3 is 0 Å². The average Bonchev–Trinajstić information content (AvgIpc) is 3.19. The van der Waals surface area contributed by atoms with Gasteiger partial charge in [-0.05, 0) is 0 Å². The predicted octanol–water partition coefficient (Wildman–Crippen LogP) is 3.13. The Morgan fingerprint density at radius 1 is 1.43 bits per heavy atom. The molecule has 4 nitrogen and oxygen atoms in total. The van der Waals surface area contributed by atoms with E-state index in [9.17, 15) is 4.79 Å². The van der Waals surface area contributed by atoms with Crippen molar-refractivity contribution in [2.45, 2.75) is 58.6 Å². The predicted molar refractivity (Wildman–Crippen MR) is 97.0 cm³/mol. The molecule has 3 saturated carbocycles. The normalized spacial score (nSPS) is 51.5. The molecule has 3 aliphatic carbocycles. The Bertz CT molecular complexity index is 532. The monoisotopic (exact) mass is 516 g/mol. The van der Waals surface area contributed by atoms with E-state index in [1.54, 1.807) is 0 Å². The SMILES string of the molecule is CCC1(OC(=O)C(C)(I)C23NI2N3)CC2CC1C1CCC21. The van der Waals surface area contributed by atoms with Crippen LogP contribution in [0.5, 0.6) is 0 Å². The summed E-state index contributed by atoms with van der Waals surface area (Å²) in [6.45, 7) is 4.26. The molecule has 0 radical (unpaired) electrons. The number of halogens is 2. The fourth-order valence-electron chi connectivity index (χ4n) is 5.34. The van der Waals surface area contributed by atoms with Crippen LogP contribution in [0, 0.1) is 23.7 Å². The van der Waals surface area contributed by atoms with Crippen molar-refractivity contribution >= 4 is 48.9 Å². The van der Waals surface area contributed by atoms with Crippen molar-refractivity contribution < 1.29 is 9.53 Å². The fraction of sp³-hybridized carbons (Fsp3) is 0.933. The van der Waals surface area contributed by atoms with Gasteiger partial charge in [-0.1, -0.05) is 0 Å². The van der Waals surface area contributed by atoms with Crippen molar-refractivity contribution in [1.29, 1.82) is 0 Å². The molecule has 2 saturated heterocycles. The molecule has 0 amide bonds. The fourth-order valence-corrected chi connectivity index (χ4v) is 13.1. The summed E-state index contributed by atoms with van der Waals surface area (Å²) in [5, 5.41) is 0. The van der Waals surface area contributed by atoms with Crippen LogP contribution in [0.15, 0.2) is 0 Å². The van der Waals surface area contributed by atoms with Gasteiger partial charge in [-0.15, -0.1) is 0 Å². The van der Waals surface area contributed by atoms with Crippen LogP contribution in [0.3, 0.4) is 0 Å². The number of hydrogen-bond donors (Lipinski definition) is 2. The first-order valence-electron chi connectivity index (χ1n) is 8.11. The summed E-state index contributed by atoms with van der Waals surface area (Å²) in [5.74, 6) is 3.32. The van der Waals surface area contributed by atoms with Crippen molar-refractivity contribution in [3.05, 3.63) is 0 Å². The Labute approximate surface area is 147 Å². The molecule has 118 valence electrons. The van der Waals surface area contributed by atoms with E-state index >= 15 is 0 Å². The van der Waals surface area contributed by atoms with Crippen molar-refractivity contribution in [2.24, 2.45) is 23.7 Å². The number of alkyl halides is 2. The van der Waals surface area contributed by atoms with Gasteiger partial charge in [0.05, 0.1) is 0 Å². The quantitative estimate of drug-likeness (QED) is 0.151. The minimum absolute atomic E-state index is 0.0138. The second kappa shape index (κ2) is 4.08.